The highest BCUT2D eigenvalue weighted by Crippen LogP contribution is 2.08. The fourth-order valence-corrected chi connectivity index (χ4v) is 2.28. The second kappa shape index (κ2) is 9.79. The largest absolute Gasteiger partial charge is 0.379 e. The molecule has 5 nitrogen and oxygen atoms in total. The Labute approximate surface area is 138 Å². The first-order valence-corrected chi connectivity index (χ1v) is 7.44. The van der Waals surface area contributed by atoms with Crippen molar-refractivity contribution in [2.45, 2.75) is 38.0 Å². The zero-order valence-corrected chi connectivity index (χ0v) is 13.7. The zero-order valence-electron chi connectivity index (χ0n) is 12.9. The summed E-state index contributed by atoms with van der Waals surface area (Å²) in [5.41, 5.74) is 7.01. The fraction of sp³-hybridized carbons (Fsp3) is 0.562. The van der Waals surface area contributed by atoms with Crippen LogP contribution in [0.5, 0.6) is 0 Å². The molecule has 1 amide bonds. The summed E-state index contributed by atoms with van der Waals surface area (Å²) in [6.07, 6.45) is 1.62. The fourth-order valence-electron chi connectivity index (χ4n) is 2.28. The predicted octanol–water partition coefficient (Wildman–Crippen LogP) is 1.29. The molecular weight excluding hydrogens is 304 g/mol. The van der Waals surface area contributed by atoms with Crippen LogP contribution in [0.1, 0.15) is 18.9 Å². The number of carbonyl (C=O) groups is 1. The van der Waals surface area contributed by atoms with Gasteiger partial charge in [-0.2, -0.15) is 0 Å². The summed E-state index contributed by atoms with van der Waals surface area (Å²) in [7, 11) is 0. The van der Waals surface area contributed by atoms with E-state index in [-0.39, 0.29) is 30.5 Å². The standard InChI is InChI=1S/C16H24N2O3.ClH/c1-12(10-21-14-7-8-20-11-14)18-16(19)15(17)9-13-5-3-2-4-6-13;/h2-6,12,14-15H,7-11,17H2,1H3,(H,18,19);1H/t12?,14?,15-;/m0./s1. The van der Waals surface area contributed by atoms with Gasteiger partial charge in [-0.1, -0.05) is 30.3 Å². The number of halogens is 1. The van der Waals surface area contributed by atoms with Crippen LogP contribution in [0.3, 0.4) is 0 Å². The molecule has 124 valence electrons. The quantitative estimate of drug-likeness (QED) is 0.791. The molecule has 1 saturated heterocycles. The van der Waals surface area contributed by atoms with Crippen LogP contribution in [0, 0.1) is 0 Å². The molecule has 0 saturated carbocycles. The lowest BCUT2D eigenvalue weighted by Gasteiger charge is -2.19. The van der Waals surface area contributed by atoms with E-state index in [2.05, 4.69) is 5.32 Å². The maximum absolute atomic E-state index is 12.0. The van der Waals surface area contributed by atoms with E-state index in [1.54, 1.807) is 0 Å². The van der Waals surface area contributed by atoms with Gasteiger partial charge in [0, 0.05) is 12.6 Å². The first-order valence-electron chi connectivity index (χ1n) is 7.44. The lowest BCUT2D eigenvalue weighted by Crippen LogP contribution is -2.47. The van der Waals surface area contributed by atoms with Crippen molar-refractivity contribution in [1.29, 1.82) is 0 Å². The lowest BCUT2D eigenvalue weighted by atomic mass is 10.1. The molecule has 1 aromatic rings. The minimum Gasteiger partial charge on any atom is -0.379 e. The van der Waals surface area contributed by atoms with E-state index < -0.39 is 6.04 Å². The van der Waals surface area contributed by atoms with Crippen molar-refractivity contribution in [3.8, 4) is 0 Å². The van der Waals surface area contributed by atoms with Gasteiger partial charge in [-0.05, 0) is 25.3 Å². The molecule has 0 aromatic heterocycles. The smallest absolute Gasteiger partial charge is 0.237 e. The van der Waals surface area contributed by atoms with E-state index in [1.807, 2.05) is 37.3 Å². The molecule has 3 N–H and O–H groups in total. The number of nitrogens with two attached hydrogens (primary N) is 1. The summed E-state index contributed by atoms with van der Waals surface area (Å²) < 4.78 is 10.9. The van der Waals surface area contributed by atoms with Gasteiger partial charge in [0.15, 0.2) is 0 Å². The Morgan fingerprint density at radius 2 is 2.18 bits per heavy atom. The first kappa shape index (κ1) is 18.9. The Morgan fingerprint density at radius 1 is 1.45 bits per heavy atom. The number of ether oxygens (including phenoxy) is 2. The zero-order chi connectivity index (χ0) is 15.1. The highest BCUT2D eigenvalue weighted by molar-refractivity contribution is 5.85. The maximum atomic E-state index is 12.0. The van der Waals surface area contributed by atoms with Crippen molar-refractivity contribution in [2.75, 3.05) is 19.8 Å². The summed E-state index contributed by atoms with van der Waals surface area (Å²) >= 11 is 0. The van der Waals surface area contributed by atoms with Crippen molar-refractivity contribution < 1.29 is 14.3 Å². The van der Waals surface area contributed by atoms with Gasteiger partial charge >= 0.3 is 0 Å². The molecule has 2 unspecified atom stereocenters. The predicted molar refractivity (Wildman–Crippen MR) is 88.2 cm³/mol. The average molecular weight is 329 g/mol. The number of benzene rings is 1. The molecule has 1 aliphatic heterocycles. The molecule has 1 aliphatic rings. The van der Waals surface area contributed by atoms with Crippen LogP contribution < -0.4 is 11.1 Å². The Hall–Kier alpha value is -1.14. The number of rotatable bonds is 7. The van der Waals surface area contributed by atoms with Crippen molar-refractivity contribution in [3.05, 3.63) is 35.9 Å². The van der Waals surface area contributed by atoms with E-state index in [1.165, 1.54) is 0 Å². The minimum absolute atomic E-state index is 0. The normalized spacial score (nSPS) is 20.0. The Balaban J connectivity index is 0.00000242. The molecule has 1 fully saturated rings. The van der Waals surface area contributed by atoms with Crippen LogP contribution in [0.2, 0.25) is 0 Å². The van der Waals surface area contributed by atoms with Gasteiger partial charge in [0.25, 0.3) is 0 Å². The number of nitrogens with one attached hydrogen (secondary N) is 1. The third kappa shape index (κ3) is 6.32. The van der Waals surface area contributed by atoms with Crippen molar-refractivity contribution in [1.82, 2.24) is 5.32 Å². The summed E-state index contributed by atoms with van der Waals surface area (Å²) in [6.45, 7) is 3.81. The minimum atomic E-state index is -0.537. The van der Waals surface area contributed by atoms with E-state index in [4.69, 9.17) is 15.2 Å². The molecule has 0 spiro atoms. The van der Waals surface area contributed by atoms with E-state index in [0.29, 0.717) is 19.6 Å². The third-order valence-electron chi connectivity index (χ3n) is 3.49. The lowest BCUT2D eigenvalue weighted by molar-refractivity contribution is -0.123. The van der Waals surface area contributed by atoms with Crippen LogP contribution in [-0.2, 0) is 20.7 Å². The van der Waals surface area contributed by atoms with Crippen LogP contribution in [0.25, 0.3) is 0 Å². The van der Waals surface area contributed by atoms with Gasteiger partial charge in [-0.15, -0.1) is 12.4 Å². The summed E-state index contributed by atoms with van der Waals surface area (Å²) in [6, 6.07) is 9.19. The van der Waals surface area contributed by atoms with Crippen LogP contribution in [0.15, 0.2) is 30.3 Å². The first-order chi connectivity index (χ1) is 10.1. The monoisotopic (exact) mass is 328 g/mol. The summed E-state index contributed by atoms with van der Waals surface area (Å²) in [5, 5.41) is 2.89. The van der Waals surface area contributed by atoms with E-state index in [9.17, 15) is 4.79 Å². The van der Waals surface area contributed by atoms with Crippen molar-refractivity contribution in [2.24, 2.45) is 5.73 Å². The van der Waals surface area contributed by atoms with Gasteiger partial charge in [-0.3, -0.25) is 4.79 Å². The summed E-state index contributed by atoms with van der Waals surface area (Å²) in [5.74, 6) is -0.141. The molecule has 6 heteroatoms. The van der Waals surface area contributed by atoms with Gasteiger partial charge < -0.3 is 20.5 Å². The second-order valence-corrected chi connectivity index (χ2v) is 5.52. The molecule has 3 atom stereocenters. The Morgan fingerprint density at radius 3 is 2.82 bits per heavy atom. The number of hydrogen-bond donors (Lipinski definition) is 2. The van der Waals surface area contributed by atoms with Crippen LogP contribution in [-0.4, -0.2) is 43.9 Å². The van der Waals surface area contributed by atoms with E-state index >= 15 is 0 Å². The second-order valence-electron chi connectivity index (χ2n) is 5.52. The maximum Gasteiger partial charge on any atom is 0.237 e. The Bertz CT molecular complexity index is 438. The molecule has 2 rings (SSSR count). The third-order valence-corrected chi connectivity index (χ3v) is 3.49. The van der Waals surface area contributed by atoms with Crippen LogP contribution >= 0.6 is 12.4 Å². The highest BCUT2D eigenvalue weighted by atomic mass is 35.5. The molecule has 0 radical (unpaired) electrons. The highest BCUT2D eigenvalue weighted by Gasteiger charge is 2.19. The van der Waals surface area contributed by atoms with Gasteiger partial charge in [0.05, 0.1) is 25.4 Å². The van der Waals surface area contributed by atoms with Crippen molar-refractivity contribution in [3.63, 3.8) is 0 Å². The molecular formula is C16H25ClN2O3. The SMILES string of the molecule is CC(COC1CCOC1)NC(=O)[C@@H](N)Cc1ccccc1.Cl. The molecule has 22 heavy (non-hydrogen) atoms. The van der Waals surface area contributed by atoms with E-state index in [0.717, 1.165) is 18.6 Å². The Kier molecular flexibility index (Phi) is 8.42. The van der Waals surface area contributed by atoms with Gasteiger partial charge in [0.2, 0.25) is 5.91 Å². The molecule has 0 aliphatic carbocycles. The number of carbonyl (C=O) groups excluding carboxylic acids is 1. The van der Waals surface area contributed by atoms with Gasteiger partial charge in [0.1, 0.15) is 0 Å². The van der Waals surface area contributed by atoms with Gasteiger partial charge in [-0.25, -0.2) is 0 Å². The topological polar surface area (TPSA) is 73.6 Å². The molecule has 1 aromatic carbocycles. The number of hydrogen-bond acceptors (Lipinski definition) is 4. The van der Waals surface area contributed by atoms with Crippen LogP contribution in [0.4, 0.5) is 0 Å². The summed E-state index contributed by atoms with van der Waals surface area (Å²) in [4.78, 5) is 12.0. The molecule has 1 heterocycles. The number of amides is 1. The molecule has 0 bridgehead atoms. The van der Waals surface area contributed by atoms with Crippen molar-refractivity contribution >= 4 is 18.3 Å². The average Bonchev–Trinajstić information content (AvgIpc) is 2.99.